The second-order valence-electron chi connectivity index (χ2n) is 6.15. The first kappa shape index (κ1) is 17.4. The fourth-order valence-electron chi connectivity index (χ4n) is 2.74. The predicted molar refractivity (Wildman–Crippen MR) is 113 cm³/mol. The van der Waals surface area contributed by atoms with Gasteiger partial charge in [-0.25, -0.2) is 9.98 Å². The molecule has 0 aliphatic rings. The third-order valence-corrected chi connectivity index (χ3v) is 4.09. The maximum absolute atomic E-state index is 9.58. The van der Waals surface area contributed by atoms with E-state index in [-0.39, 0.29) is 5.75 Å². The van der Waals surface area contributed by atoms with E-state index in [4.69, 9.17) is 4.98 Å². The van der Waals surface area contributed by atoms with Crippen LogP contribution in [0.1, 0.15) is 11.3 Å². The Kier molecular flexibility index (Phi) is 5.06. The number of nitrogens with zero attached hydrogens (tertiary/aromatic N) is 3. The zero-order valence-corrected chi connectivity index (χ0v) is 15.0. The van der Waals surface area contributed by atoms with E-state index in [2.05, 4.69) is 15.5 Å². The summed E-state index contributed by atoms with van der Waals surface area (Å²) in [4.78, 5) is 9.37. The maximum Gasteiger partial charge on any atom is 0.173 e. The number of hydrogen-bond donors (Lipinski definition) is 2. The van der Waals surface area contributed by atoms with Gasteiger partial charge in [-0.1, -0.05) is 54.6 Å². The molecule has 5 heteroatoms. The molecule has 4 aromatic rings. The standard InChI is InChI=1S/C23H18N4O/c28-20-11-6-7-17(15-20)16-24-27-23(25-19-9-2-1-3-10-19)22-14-13-18-8-4-5-12-21(18)26-22/h1-16,28H,(H,25,27)/b24-16+. The number of para-hydroxylation sites is 2. The van der Waals surface area contributed by atoms with Crippen LogP contribution in [0.4, 0.5) is 5.69 Å². The van der Waals surface area contributed by atoms with Crippen molar-refractivity contribution in [1.82, 2.24) is 10.4 Å². The minimum absolute atomic E-state index is 0.193. The fourth-order valence-corrected chi connectivity index (χ4v) is 2.74. The summed E-state index contributed by atoms with van der Waals surface area (Å²) in [6, 6.07) is 28.4. The smallest absolute Gasteiger partial charge is 0.173 e. The molecule has 0 unspecified atom stereocenters. The Bertz CT molecular complexity index is 1150. The van der Waals surface area contributed by atoms with Crippen molar-refractivity contribution in [1.29, 1.82) is 0 Å². The number of aliphatic imine (C=N–C) groups is 1. The third-order valence-electron chi connectivity index (χ3n) is 4.09. The third kappa shape index (κ3) is 4.22. The van der Waals surface area contributed by atoms with E-state index in [1.54, 1.807) is 24.4 Å². The molecule has 0 aliphatic carbocycles. The van der Waals surface area contributed by atoms with Gasteiger partial charge in [-0.3, -0.25) is 5.43 Å². The van der Waals surface area contributed by atoms with E-state index in [1.807, 2.05) is 72.8 Å². The van der Waals surface area contributed by atoms with Gasteiger partial charge in [0.2, 0.25) is 0 Å². The van der Waals surface area contributed by atoms with Crippen molar-refractivity contribution in [2.24, 2.45) is 10.1 Å². The summed E-state index contributed by atoms with van der Waals surface area (Å²) >= 11 is 0. The average Bonchev–Trinajstić information content (AvgIpc) is 2.73. The number of benzene rings is 3. The average molecular weight is 366 g/mol. The van der Waals surface area contributed by atoms with Gasteiger partial charge in [0, 0.05) is 5.39 Å². The molecule has 136 valence electrons. The van der Waals surface area contributed by atoms with Crippen LogP contribution >= 0.6 is 0 Å². The lowest BCUT2D eigenvalue weighted by Gasteiger charge is -2.07. The first-order valence-electron chi connectivity index (χ1n) is 8.86. The molecule has 0 saturated heterocycles. The lowest BCUT2D eigenvalue weighted by atomic mass is 10.2. The molecule has 2 N–H and O–H groups in total. The Balaban J connectivity index is 1.68. The van der Waals surface area contributed by atoms with E-state index < -0.39 is 0 Å². The van der Waals surface area contributed by atoms with Gasteiger partial charge in [0.1, 0.15) is 11.4 Å². The van der Waals surface area contributed by atoms with Crippen molar-refractivity contribution < 1.29 is 5.11 Å². The van der Waals surface area contributed by atoms with Crippen molar-refractivity contribution >= 4 is 28.6 Å². The molecule has 4 rings (SSSR count). The molecule has 3 aromatic carbocycles. The summed E-state index contributed by atoms with van der Waals surface area (Å²) in [5, 5.41) is 14.9. The molecule has 0 spiro atoms. The second-order valence-corrected chi connectivity index (χ2v) is 6.15. The van der Waals surface area contributed by atoms with Crippen LogP contribution in [0.15, 0.2) is 101 Å². The van der Waals surface area contributed by atoms with Gasteiger partial charge in [0.25, 0.3) is 0 Å². The summed E-state index contributed by atoms with van der Waals surface area (Å²) in [6.45, 7) is 0. The molecule has 28 heavy (non-hydrogen) atoms. The molecule has 0 saturated carbocycles. The van der Waals surface area contributed by atoms with E-state index in [1.165, 1.54) is 0 Å². The minimum Gasteiger partial charge on any atom is -0.508 e. The first-order chi connectivity index (χ1) is 13.8. The summed E-state index contributed by atoms with van der Waals surface area (Å²) in [6.07, 6.45) is 1.63. The number of hydrogen-bond acceptors (Lipinski definition) is 4. The number of aromatic nitrogens is 1. The molecule has 5 nitrogen and oxygen atoms in total. The van der Waals surface area contributed by atoms with Gasteiger partial charge in [-0.2, -0.15) is 5.10 Å². The normalized spacial score (nSPS) is 11.8. The van der Waals surface area contributed by atoms with E-state index >= 15 is 0 Å². The Morgan fingerprint density at radius 3 is 2.54 bits per heavy atom. The Morgan fingerprint density at radius 2 is 1.68 bits per heavy atom. The zero-order valence-electron chi connectivity index (χ0n) is 15.0. The quantitative estimate of drug-likeness (QED) is 0.314. The zero-order chi connectivity index (χ0) is 19.2. The summed E-state index contributed by atoms with van der Waals surface area (Å²) in [7, 11) is 0. The highest BCUT2D eigenvalue weighted by molar-refractivity contribution is 6.00. The van der Waals surface area contributed by atoms with Crippen molar-refractivity contribution in [2.45, 2.75) is 0 Å². The van der Waals surface area contributed by atoms with Crippen molar-refractivity contribution in [3.63, 3.8) is 0 Å². The van der Waals surface area contributed by atoms with E-state index in [0.29, 0.717) is 11.5 Å². The molecular weight excluding hydrogens is 348 g/mol. The minimum atomic E-state index is 0.193. The van der Waals surface area contributed by atoms with Crippen LogP contribution in [0.3, 0.4) is 0 Å². The topological polar surface area (TPSA) is 69.9 Å². The fraction of sp³-hybridized carbons (Fsp3) is 0. The van der Waals surface area contributed by atoms with Gasteiger partial charge in [-0.05, 0) is 42.0 Å². The molecule has 0 radical (unpaired) electrons. The van der Waals surface area contributed by atoms with Gasteiger partial charge in [-0.15, -0.1) is 0 Å². The monoisotopic (exact) mass is 366 g/mol. The van der Waals surface area contributed by atoms with E-state index in [0.717, 1.165) is 22.2 Å². The van der Waals surface area contributed by atoms with Crippen LogP contribution in [0.25, 0.3) is 10.9 Å². The van der Waals surface area contributed by atoms with Crippen LogP contribution in [-0.4, -0.2) is 22.1 Å². The number of amidine groups is 1. The summed E-state index contributed by atoms with van der Waals surface area (Å²) in [5.41, 5.74) is 6.15. The molecular formula is C23H18N4O. The van der Waals surface area contributed by atoms with Crippen LogP contribution in [0.5, 0.6) is 5.75 Å². The molecule has 0 bridgehead atoms. The van der Waals surface area contributed by atoms with Crippen LogP contribution in [-0.2, 0) is 0 Å². The van der Waals surface area contributed by atoms with E-state index in [9.17, 15) is 5.11 Å². The highest BCUT2D eigenvalue weighted by Gasteiger charge is 2.06. The molecule has 0 atom stereocenters. The number of phenols is 1. The number of phenolic OH excluding ortho intramolecular Hbond substituents is 1. The van der Waals surface area contributed by atoms with Crippen LogP contribution in [0, 0.1) is 0 Å². The van der Waals surface area contributed by atoms with Gasteiger partial charge < -0.3 is 5.11 Å². The number of pyridine rings is 1. The number of aromatic hydroxyl groups is 1. The van der Waals surface area contributed by atoms with Crippen molar-refractivity contribution in [3.8, 4) is 5.75 Å². The molecule has 1 aromatic heterocycles. The van der Waals surface area contributed by atoms with Crippen molar-refractivity contribution in [3.05, 3.63) is 102 Å². The summed E-state index contributed by atoms with van der Waals surface area (Å²) in [5.74, 6) is 0.728. The summed E-state index contributed by atoms with van der Waals surface area (Å²) < 4.78 is 0. The largest absolute Gasteiger partial charge is 0.508 e. The highest BCUT2D eigenvalue weighted by Crippen LogP contribution is 2.15. The number of nitrogens with one attached hydrogen (secondary N) is 1. The second kappa shape index (κ2) is 8.14. The van der Waals surface area contributed by atoms with Gasteiger partial charge in [0.05, 0.1) is 17.4 Å². The molecule has 1 heterocycles. The Labute approximate surface area is 162 Å². The first-order valence-corrected chi connectivity index (χ1v) is 8.86. The van der Waals surface area contributed by atoms with Crippen molar-refractivity contribution in [2.75, 3.05) is 0 Å². The number of fused-ring (bicyclic) bond motifs is 1. The maximum atomic E-state index is 9.58. The number of rotatable bonds is 4. The predicted octanol–water partition coefficient (Wildman–Crippen LogP) is 4.64. The highest BCUT2D eigenvalue weighted by atomic mass is 16.3. The molecule has 0 aliphatic heterocycles. The Morgan fingerprint density at radius 1 is 0.857 bits per heavy atom. The molecule has 0 amide bonds. The lowest BCUT2D eigenvalue weighted by Crippen LogP contribution is -2.20. The van der Waals surface area contributed by atoms with Gasteiger partial charge >= 0.3 is 0 Å². The Hall–Kier alpha value is -3.99. The lowest BCUT2D eigenvalue weighted by molar-refractivity contribution is 0.475. The molecule has 0 fully saturated rings. The SMILES string of the molecule is Oc1cccc(/C=N/NC(=Nc2ccccc2)c2ccc3ccccc3n2)c1. The van der Waals surface area contributed by atoms with Crippen LogP contribution < -0.4 is 5.43 Å². The van der Waals surface area contributed by atoms with Crippen LogP contribution in [0.2, 0.25) is 0 Å². The van der Waals surface area contributed by atoms with Gasteiger partial charge in [0.15, 0.2) is 5.84 Å². The number of hydrazone groups is 1.